The van der Waals surface area contributed by atoms with Crippen LogP contribution in [-0.4, -0.2) is 22.5 Å². The number of thiazole rings is 1. The molecule has 148 valence electrons. The van der Waals surface area contributed by atoms with Crippen LogP contribution < -0.4 is 10.6 Å². The third-order valence-corrected chi connectivity index (χ3v) is 5.36. The van der Waals surface area contributed by atoms with Gasteiger partial charge in [-0.25, -0.2) is 9.78 Å². The first-order valence-corrected chi connectivity index (χ1v) is 10.3. The molecule has 2 aromatic heterocycles. The molecule has 0 saturated carbocycles. The van der Waals surface area contributed by atoms with Crippen molar-refractivity contribution in [1.29, 1.82) is 0 Å². The SMILES string of the molecule is C=C/C(C)=C\C(=C/C)c1cc(-c2ccccn2)c2sc(NC(=O)NCC)nc2c1. The van der Waals surface area contributed by atoms with Crippen LogP contribution in [0.1, 0.15) is 26.3 Å². The van der Waals surface area contributed by atoms with Crippen LogP contribution in [0.5, 0.6) is 0 Å². The standard InChI is InChI=1S/C23H24N4OS/c1-5-15(4)12-16(6-2)17-13-18(19-10-8-9-11-25-19)21-20(14-17)26-23(29-21)27-22(28)24-7-3/h5-6,8-14H,1,7H2,2-4H3,(H2,24,26,27,28)/b15-12-,16-6+. The number of aromatic nitrogens is 2. The molecule has 0 saturated heterocycles. The average molecular weight is 405 g/mol. The predicted molar refractivity (Wildman–Crippen MR) is 123 cm³/mol. The Kier molecular flexibility index (Phi) is 6.57. The van der Waals surface area contributed by atoms with Crippen LogP contribution in [0.25, 0.3) is 27.0 Å². The summed E-state index contributed by atoms with van der Waals surface area (Å²) in [5, 5.41) is 6.10. The van der Waals surface area contributed by atoms with Crippen LogP contribution in [-0.2, 0) is 0 Å². The Morgan fingerprint density at radius 2 is 2.14 bits per heavy atom. The summed E-state index contributed by atoms with van der Waals surface area (Å²) < 4.78 is 0.985. The number of pyridine rings is 1. The van der Waals surface area contributed by atoms with Gasteiger partial charge in [0.2, 0.25) is 0 Å². The molecule has 0 aliphatic rings. The van der Waals surface area contributed by atoms with Crippen molar-refractivity contribution in [3.05, 3.63) is 72.5 Å². The third kappa shape index (κ3) is 4.78. The summed E-state index contributed by atoms with van der Waals surface area (Å²) in [6.45, 7) is 10.3. The highest BCUT2D eigenvalue weighted by Gasteiger charge is 2.15. The van der Waals surface area contributed by atoms with Crippen molar-refractivity contribution in [3.8, 4) is 11.3 Å². The number of fused-ring (bicyclic) bond motifs is 1. The van der Waals surface area contributed by atoms with E-state index in [1.165, 1.54) is 11.3 Å². The van der Waals surface area contributed by atoms with E-state index in [1.54, 1.807) is 6.20 Å². The smallest absolute Gasteiger partial charge is 0.321 e. The van der Waals surface area contributed by atoms with Gasteiger partial charge in [0, 0.05) is 18.3 Å². The van der Waals surface area contributed by atoms with Crippen molar-refractivity contribution >= 4 is 38.3 Å². The van der Waals surface area contributed by atoms with Crippen molar-refractivity contribution in [2.45, 2.75) is 20.8 Å². The number of carbonyl (C=O) groups excluding carboxylic acids is 1. The molecule has 3 aromatic rings. The number of carbonyl (C=O) groups is 1. The molecular weight excluding hydrogens is 380 g/mol. The monoisotopic (exact) mass is 404 g/mol. The normalized spacial score (nSPS) is 12.1. The Bertz CT molecular complexity index is 1100. The lowest BCUT2D eigenvalue weighted by atomic mass is 9.99. The van der Waals surface area contributed by atoms with Gasteiger partial charge in [-0.2, -0.15) is 0 Å². The maximum absolute atomic E-state index is 11.9. The molecule has 0 aliphatic heterocycles. The summed E-state index contributed by atoms with van der Waals surface area (Å²) in [4.78, 5) is 21.1. The molecule has 0 radical (unpaired) electrons. The highest BCUT2D eigenvalue weighted by Crippen LogP contribution is 2.37. The van der Waals surface area contributed by atoms with Crippen molar-refractivity contribution < 1.29 is 4.79 Å². The molecule has 0 unspecified atom stereocenters. The lowest BCUT2D eigenvalue weighted by molar-refractivity contribution is 0.252. The number of amides is 2. The predicted octanol–water partition coefficient (Wildman–Crippen LogP) is 6.04. The number of anilines is 1. The van der Waals surface area contributed by atoms with E-state index in [-0.39, 0.29) is 6.03 Å². The first kappa shape index (κ1) is 20.5. The molecular formula is C23H24N4OS. The Hall–Kier alpha value is -3.25. The van der Waals surface area contributed by atoms with Gasteiger partial charge < -0.3 is 5.32 Å². The molecule has 0 bridgehead atoms. The van der Waals surface area contributed by atoms with Crippen LogP contribution in [0.2, 0.25) is 0 Å². The fourth-order valence-corrected chi connectivity index (χ4v) is 3.87. The zero-order valence-electron chi connectivity index (χ0n) is 16.8. The molecule has 3 rings (SSSR count). The van der Waals surface area contributed by atoms with Crippen LogP contribution in [0.15, 0.2) is 66.9 Å². The van der Waals surface area contributed by atoms with E-state index >= 15 is 0 Å². The molecule has 2 heterocycles. The van der Waals surface area contributed by atoms with E-state index in [1.807, 2.05) is 51.1 Å². The minimum atomic E-state index is -0.259. The molecule has 0 spiro atoms. The fourth-order valence-electron chi connectivity index (χ4n) is 2.90. The van der Waals surface area contributed by atoms with E-state index in [0.29, 0.717) is 11.7 Å². The van der Waals surface area contributed by atoms with Crippen molar-refractivity contribution in [2.24, 2.45) is 0 Å². The minimum absolute atomic E-state index is 0.259. The molecule has 5 nitrogen and oxygen atoms in total. The first-order valence-electron chi connectivity index (χ1n) is 9.44. The van der Waals surface area contributed by atoms with Crippen molar-refractivity contribution in [1.82, 2.24) is 15.3 Å². The van der Waals surface area contributed by atoms with Gasteiger partial charge in [0.25, 0.3) is 0 Å². The quantitative estimate of drug-likeness (QED) is 0.493. The van der Waals surface area contributed by atoms with Gasteiger partial charge in [-0.05, 0) is 56.2 Å². The summed E-state index contributed by atoms with van der Waals surface area (Å²) in [6, 6.07) is 9.76. The van der Waals surface area contributed by atoms with Gasteiger partial charge in [-0.1, -0.05) is 47.8 Å². The summed E-state index contributed by atoms with van der Waals surface area (Å²) in [5.41, 5.74) is 5.87. The summed E-state index contributed by atoms with van der Waals surface area (Å²) in [5.74, 6) is 0. The summed E-state index contributed by atoms with van der Waals surface area (Å²) in [6.07, 6.45) is 7.77. The maximum Gasteiger partial charge on any atom is 0.321 e. The van der Waals surface area contributed by atoms with Gasteiger partial charge in [0.15, 0.2) is 5.13 Å². The number of hydrogen-bond acceptors (Lipinski definition) is 4. The van der Waals surface area contributed by atoms with E-state index in [2.05, 4.69) is 45.4 Å². The van der Waals surface area contributed by atoms with E-state index in [9.17, 15) is 4.79 Å². The number of nitrogens with zero attached hydrogens (tertiary/aromatic N) is 2. The Balaban J connectivity index is 2.17. The van der Waals surface area contributed by atoms with Gasteiger partial charge in [0.05, 0.1) is 15.9 Å². The van der Waals surface area contributed by atoms with Crippen LogP contribution in [0, 0.1) is 0 Å². The molecule has 1 aromatic carbocycles. The Morgan fingerprint density at radius 3 is 2.79 bits per heavy atom. The third-order valence-electron chi connectivity index (χ3n) is 4.34. The van der Waals surface area contributed by atoms with Gasteiger partial charge in [0.1, 0.15) is 0 Å². The van der Waals surface area contributed by atoms with E-state index in [4.69, 9.17) is 0 Å². The van der Waals surface area contributed by atoms with Gasteiger partial charge in [-0.15, -0.1) is 0 Å². The molecule has 29 heavy (non-hydrogen) atoms. The zero-order chi connectivity index (χ0) is 20.8. The molecule has 0 fully saturated rings. The van der Waals surface area contributed by atoms with Gasteiger partial charge in [-0.3, -0.25) is 10.3 Å². The van der Waals surface area contributed by atoms with Crippen molar-refractivity contribution in [2.75, 3.05) is 11.9 Å². The molecule has 2 N–H and O–H groups in total. The molecule has 0 atom stereocenters. The van der Waals surface area contributed by atoms with E-state index in [0.717, 1.165) is 38.2 Å². The van der Waals surface area contributed by atoms with Crippen molar-refractivity contribution in [3.63, 3.8) is 0 Å². The molecule has 2 amide bonds. The topological polar surface area (TPSA) is 66.9 Å². The second-order valence-electron chi connectivity index (χ2n) is 6.43. The number of nitrogens with one attached hydrogen (secondary N) is 2. The lowest BCUT2D eigenvalue weighted by Crippen LogP contribution is -2.28. The van der Waals surface area contributed by atoms with Crippen LogP contribution in [0.3, 0.4) is 0 Å². The fraction of sp³-hybridized carbons (Fsp3) is 0.174. The Labute approximate surface area is 174 Å². The number of rotatable bonds is 6. The highest BCUT2D eigenvalue weighted by molar-refractivity contribution is 7.22. The number of hydrogen-bond donors (Lipinski definition) is 2. The zero-order valence-corrected chi connectivity index (χ0v) is 17.6. The number of urea groups is 1. The average Bonchev–Trinajstić information content (AvgIpc) is 3.13. The second kappa shape index (κ2) is 9.30. The summed E-state index contributed by atoms with van der Waals surface area (Å²) in [7, 11) is 0. The molecule has 0 aliphatic carbocycles. The van der Waals surface area contributed by atoms with Gasteiger partial charge >= 0.3 is 6.03 Å². The largest absolute Gasteiger partial charge is 0.338 e. The maximum atomic E-state index is 11.9. The highest BCUT2D eigenvalue weighted by atomic mass is 32.1. The minimum Gasteiger partial charge on any atom is -0.338 e. The van der Waals surface area contributed by atoms with Crippen LogP contribution >= 0.6 is 11.3 Å². The van der Waals surface area contributed by atoms with E-state index < -0.39 is 0 Å². The second-order valence-corrected chi connectivity index (χ2v) is 7.43. The number of allylic oxidation sites excluding steroid dienone is 5. The first-order chi connectivity index (χ1) is 14.0. The summed E-state index contributed by atoms with van der Waals surface area (Å²) >= 11 is 1.45. The Morgan fingerprint density at radius 1 is 1.31 bits per heavy atom. The molecule has 6 heteroatoms. The van der Waals surface area contributed by atoms with Crippen LogP contribution in [0.4, 0.5) is 9.93 Å². The lowest BCUT2D eigenvalue weighted by Gasteiger charge is -2.08. The number of benzene rings is 1.